The van der Waals surface area contributed by atoms with Gasteiger partial charge in [0.15, 0.2) is 5.65 Å². The van der Waals surface area contributed by atoms with Gasteiger partial charge in [-0.1, -0.05) is 12.1 Å². The quantitative estimate of drug-likeness (QED) is 0.541. The van der Waals surface area contributed by atoms with Gasteiger partial charge in [0, 0.05) is 19.2 Å². The van der Waals surface area contributed by atoms with Crippen LogP contribution in [-0.4, -0.2) is 42.5 Å². The fourth-order valence-electron chi connectivity index (χ4n) is 2.56. The Morgan fingerprint density at radius 1 is 1.21 bits per heavy atom. The van der Waals surface area contributed by atoms with Crippen LogP contribution >= 0.6 is 0 Å². The predicted octanol–water partition coefficient (Wildman–Crippen LogP) is 1.36. The van der Waals surface area contributed by atoms with Crippen molar-refractivity contribution in [3.8, 4) is 0 Å². The molecule has 8 heteroatoms. The first-order valence-corrected chi connectivity index (χ1v) is 7.69. The van der Waals surface area contributed by atoms with Crippen molar-refractivity contribution >= 4 is 22.6 Å². The van der Waals surface area contributed by atoms with E-state index in [0.29, 0.717) is 17.8 Å². The summed E-state index contributed by atoms with van der Waals surface area (Å²) in [7, 11) is 0. The van der Waals surface area contributed by atoms with Crippen molar-refractivity contribution in [3.63, 3.8) is 0 Å². The van der Waals surface area contributed by atoms with Gasteiger partial charge in [-0.2, -0.15) is 4.52 Å². The van der Waals surface area contributed by atoms with Crippen molar-refractivity contribution in [1.82, 2.24) is 35.3 Å². The van der Waals surface area contributed by atoms with Crippen molar-refractivity contribution in [2.75, 3.05) is 6.54 Å². The number of carbonyl (C=O) groups is 1. The average molecular weight is 321 g/mol. The molecule has 0 aliphatic carbocycles. The van der Waals surface area contributed by atoms with Gasteiger partial charge in [0.05, 0.1) is 16.6 Å². The van der Waals surface area contributed by atoms with Crippen LogP contribution in [0.2, 0.25) is 0 Å². The van der Waals surface area contributed by atoms with Crippen LogP contribution in [0.3, 0.4) is 0 Å². The van der Waals surface area contributed by atoms with E-state index < -0.39 is 0 Å². The van der Waals surface area contributed by atoms with Crippen LogP contribution in [0.25, 0.3) is 16.7 Å². The third kappa shape index (κ3) is 2.81. The van der Waals surface area contributed by atoms with Crippen LogP contribution in [0.4, 0.5) is 0 Å². The van der Waals surface area contributed by atoms with Crippen molar-refractivity contribution in [1.29, 1.82) is 0 Å². The first-order valence-electron chi connectivity index (χ1n) is 7.69. The Hall–Kier alpha value is -3.29. The molecule has 0 aliphatic rings. The van der Waals surface area contributed by atoms with Crippen molar-refractivity contribution in [2.45, 2.75) is 12.8 Å². The van der Waals surface area contributed by atoms with E-state index in [2.05, 4.69) is 30.8 Å². The molecular weight excluding hydrogens is 306 g/mol. The number of hydrogen-bond donors (Lipinski definition) is 2. The zero-order valence-corrected chi connectivity index (χ0v) is 12.8. The highest BCUT2D eigenvalue weighted by atomic mass is 16.1. The topological polar surface area (TPSA) is 101 Å². The molecule has 4 rings (SSSR count). The van der Waals surface area contributed by atoms with Gasteiger partial charge in [-0.05, 0) is 41.1 Å². The molecule has 0 bridgehead atoms. The molecule has 2 N–H and O–H groups in total. The number of tetrazole rings is 1. The lowest BCUT2D eigenvalue weighted by Crippen LogP contribution is -2.25. The highest BCUT2D eigenvalue weighted by molar-refractivity contribution is 5.94. The number of aryl methyl sites for hydroxylation is 1. The first kappa shape index (κ1) is 14.3. The van der Waals surface area contributed by atoms with Gasteiger partial charge in [-0.25, -0.2) is 4.98 Å². The maximum atomic E-state index is 12.1. The van der Waals surface area contributed by atoms with E-state index in [4.69, 9.17) is 0 Å². The molecule has 3 heterocycles. The van der Waals surface area contributed by atoms with Crippen molar-refractivity contribution in [3.05, 3.63) is 54.0 Å². The summed E-state index contributed by atoms with van der Waals surface area (Å²) in [6.07, 6.45) is 3.20. The number of nitrogens with zero attached hydrogens (tertiary/aromatic N) is 5. The fraction of sp³-hybridized carbons (Fsp3) is 0.188. The highest BCUT2D eigenvalue weighted by Crippen LogP contribution is 2.11. The van der Waals surface area contributed by atoms with Gasteiger partial charge < -0.3 is 10.3 Å². The number of aromatic nitrogens is 6. The van der Waals surface area contributed by atoms with Crippen LogP contribution in [0, 0.1) is 0 Å². The lowest BCUT2D eigenvalue weighted by Gasteiger charge is -2.04. The van der Waals surface area contributed by atoms with E-state index >= 15 is 0 Å². The molecule has 4 aromatic rings. The second-order valence-corrected chi connectivity index (χ2v) is 5.46. The third-order valence-electron chi connectivity index (χ3n) is 3.77. The molecule has 0 saturated heterocycles. The molecular formula is C16H15N7O. The zero-order chi connectivity index (χ0) is 16.4. The van der Waals surface area contributed by atoms with Gasteiger partial charge in [-0.15, -0.1) is 5.10 Å². The summed E-state index contributed by atoms with van der Waals surface area (Å²) in [5, 5.41) is 14.0. The summed E-state index contributed by atoms with van der Waals surface area (Å²) in [4.78, 5) is 20.0. The SMILES string of the molecule is O=C(NCCCc1nc2ccccc2[nH]1)c1ccc2nnnn2c1. The number of imidazole rings is 1. The molecule has 0 fully saturated rings. The van der Waals surface area contributed by atoms with Crippen LogP contribution in [0.5, 0.6) is 0 Å². The number of benzene rings is 1. The van der Waals surface area contributed by atoms with Crippen molar-refractivity contribution in [2.24, 2.45) is 0 Å². The van der Waals surface area contributed by atoms with Gasteiger partial charge >= 0.3 is 0 Å². The summed E-state index contributed by atoms with van der Waals surface area (Å²) in [6.45, 7) is 0.573. The monoisotopic (exact) mass is 321 g/mol. The Morgan fingerprint density at radius 3 is 3.04 bits per heavy atom. The molecule has 3 aromatic heterocycles. The number of fused-ring (bicyclic) bond motifs is 2. The number of amides is 1. The predicted molar refractivity (Wildman–Crippen MR) is 87.5 cm³/mol. The number of rotatable bonds is 5. The number of hydrogen-bond acceptors (Lipinski definition) is 5. The van der Waals surface area contributed by atoms with Crippen LogP contribution in [0.15, 0.2) is 42.6 Å². The molecule has 0 atom stereocenters. The summed E-state index contributed by atoms with van der Waals surface area (Å²) in [6, 6.07) is 11.3. The molecule has 0 unspecified atom stereocenters. The van der Waals surface area contributed by atoms with Gasteiger partial charge in [-0.3, -0.25) is 4.79 Å². The Labute approximate surface area is 136 Å². The van der Waals surface area contributed by atoms with Gasteiger partial charge in [0.25, 0.3) is 5.91 Å². The molecule has 1 amide bonds. The Kier molecular flexibility index (Phi) is 3.62. The standard InChI is InChI=1S/C16H15N7O/c24-16(11-7-8-15-20-21-22-23(15)10-11)17-9-3-6-14-18-12-4-1-2-5-13(12)19-14/h1-2,4-5,7-8,10H,3,6,9H2,(H,17,24)(H,18,19). The number of H-pyrrole nitrogens is 1. The summed E-state index contributed by atoms with van der Waals surface area (Å²) >= 11 is 0. The second-order valence-electron chi connectivity index (χ2n) is 5.46. The summed E-state index contributed by atoms with van der Waals surface area (Å²) in [5.74, 6) is 0.789. The minimum atomic E-state index is -0.142. The van der Waals surface area contributed by atoms with Gasteiger partial charge in [0.2, 0.25) is 0 Å². The molecule has 0 radical (unpaired) electrons. The smallest absolute Gasteiger partial charge is 0.252 e. The second kappa shape index (κ2) is 6.07. The maximum Gasteiger partial charge on any atom is 0.252 e. The zero-order valence-electron chi connectivity index (χ0n) is 12.8. The molecule has 1 aromatic carbocycles. The minimum Gasteiger partial charge on any atom is -0.352 e. The summed E-state index contributed by atoms with van der Waals surface area (Å²) in [5.41, 5.74) is 3.13. The van der Waals surface area contributed by atoms with E-state index in [-0.39, 0.29) is 5.91 Å². The van der Waals surface area contributed by atoms with Crippen LogP contribution < -0.4 is 5.32 Å². The number of aromatic amines is 1. The minimum absolute atomic E-state index is 0.142. The molecule has 8 nitrogen and oxygen atoms in total. The largest absolute Gasteiger partial charge is 0.352 e. The summed E-state index contributed by atoms with van der Waals surface area (Å²) < 4.78 is 1.48. The molecule has 0 aliphatic heterocycles. The van der Waals surface area contributed by atoms with E-state index in [0.717, 1.165) is 29.7 Å². The number of nitrogens with one attached hydrogen (secondary N) is 2. The van der Waals surface area contributed by atoms with Crippen LogP contribution in [0.1, 0.15) is 22.6 Å². The number of para-hydroxylation sites is 2. The van der Waals surface area contributed by atoms with E-state index in [1.807, 2.05) is 24.3 Å². The lowest BCUT2D eigenvalue weighted by molar-refractivity contribution is 0.0952. The van der Waals surface area contributed by atoms with Gasteiger partial charge in [0.1, 0.15) is 5.82 Å². The first-order chi connectivity index (χ1) is 11.8. The van der Waals surface area contributed by atoms with E-state index in [9.17, 15) is 4.79 Å². The fourth-order valence-corrected chi connectivity index (χ4v) is 2.56. The Balaban J connectivity index is 1.32. The molecule has 0 spiro atoms. The Bertz CT molecular complexity index is 971. The normalized spacial score (nSPS) is 11.2. The maximum absolute atomic E-state index is 12.1. The van der Waals surface area contributed by atoms with Crippen LogP contribution in [-0.2, 0) is 6.42 Å². The molecule has 24 heavy (non-hydrogen) atoms. The number of carbonyl (C=O) groups excluding carboxylic acids is 1. The number of pyridine rings is 1. The average Bonchev–Trinajstić information content (AvgIpc) is 3.23. The molecule has 120 valence electrons. The molecule has 0 saturated carbocycles. The Morgan fingerprint density at radius 2 is 2.12 bits per heavy atom. The van der Waals surface area contributed by atoms with E-state index in [1.54, 1.807) is 18.3 Å². The van der Waals surface area contributed by atoms with Crippen molar-refractivity contribution < 1.29 is 4.79 Å². The lowest BCUT2D eigenvalue weighted by atomic mass is 10.2. The van der Waals surface area contributed by atoms with E-state index in [1.165, 1.54) is 4.52 Å². The highest BCUT2D eigenvalue weighted by Gasteiger charge is 2.08. The third-order valence-corrected chi connectivity index (χ3v) is 3.77.